The van der Waals surface area contributed by atoms with Crippen LogP contribution in [0, 0.1) is 10.8 Å². The summed E-state index contributed by atoms with van der Waals surface area (Å²) in [6, 6.07) is 0.677. The van der Waals surface area contributed by atoms with Crippen molar-refractivity contribution in [2.45, 2.75) is 77.5 Å². The Morgan fingerprint density at radius 3 is 2.20 bits per heavy atom. The summed E-state index contributed by atoms with van der Waals surface area (Å²) in [5.41, 5.74) is 1.17. The fourth-order valence-corrected chi connectivity index (χ4v) is 5.65. The lowest BCUT2D eigenvalue weighted by molar-refractivity contribution is -0.165. The minimum atomic E-state index is 0.144. The summed E-state index contributed by atoms with van der Waals surface area (Å²) in [4.78, 5) is 5.39. The largest absolute Gasteiger partial charge is 0.380 e. The van der Waals surface area contributed by atoms with Crippen LogP contribution in [0.3, 0.4) is 0 Å². The second-order valence-electron chi connectivity index (χ2n) is 10.3. The summed E-state index contributed by atoms with van der Waals surface area (Å²) in [5, 5.41) is 0. The Kier molecular flexibility index (Phi) is 4.71. The van der Waals surface area contributed by atoms with Gasteiger partial charge in [-0.25, -0.2) is 0 Å². The van der Waals surface area contributed by atoms with Crippen molar-refractivity contribution in [1.82, 2.24) is 9.80 Å². The van der Waals surface area contributed by atoms with Crippen LogP contribution in [0.15, 0.2) is 0 Å². The fourth-order valence-electron chi connectivity index (χ4n) is 5.65. The van der Waals surface area contributed by atoms with E-state index >= 15 is 0 Å². The van der Waals surface area contributed by atoms with Crippen LogP contribution in [0.4, 0.5) is 0 Å². The fraction of sp³-hybridized carbons (Fsp3) is 1.00. The molecule has 0 aromatic heterocycles. The first kappa shape index (κ1) is 18.2. The molecule has 4 aliphatic heterocycles. The zero-order valence-corrected chi connectivity index (χ0v) is 16.9. The van der Waals surface area contributed by atoms with Gasteiger partial charge in [-0.15, -0.1) is 0 Å². The molecule has 2 spiro atoms. The van der Waals surface area contributed by atoms with Crippen LogP contribution in [-0.2, 0) is 9.47 Å². The summed E-state index contributed by atoms with van der Waals surface area (Å²) in [6.45, 7) is 17.5. The molecule has 0 aliphatic carbocycles. The van der Waals surface area contributed by atoms with Crippen molar-refractivity contribution in [3.05, 3.63) is 0 Å². The number of nitrogens with zero attached hydrogens (tertiary/aromatic N) is 2. The third kappa shape index (κ3) is 3.28. The molecule has 25 heavy (non-hydrogen) atoms. The Bertz CT molecular complexity index is 478. The Balaban J connectivity index is 1.40. The van der Waals surface area contributed by atoms with Crippen molar-refractivity contribution in [3.8, 4) is 0 Å². The molecule has 4 aliphatic rings. The highest BCUT2D eigenvalue weighted by Gasteiger charge is 2.50. The number of rotatable bonds is 3. The van der Waals surface area contributed by atoms with Gasteiger partial charge in [-0.3, -0.25) is 4.90 Å². The Labute approximate surface area is 154 Å². The average Bonchev–Trinajstić information content (AvgIpc) is 2.97. The van der Waals surface area contributed by atoms with Gasteiger partial charge in [-0.1, -0.05) is 0 Å². The van der Waals surface area contributed by atoms with Gasteiger partial charge in [-0.2, -0.15) is 0 Å². The van der Waals surface area contributed by atoms with Crippen LogP contribution in [0.25, 0.3) is 0 Å². The van der Waals surface area contributed by atoms with Crippen LogP contribution in [0.2, 0.25) is 0 Å². The molecule has 2 unspecified atom stereocenters. The molecule has 0 radical (unpaired) electrons. The standard InChI is InChI=1S/C21H38N2O2/c1-17(2)22-9-5-20(14-22)8-12-25-18(13-20)19(3,4)23-10-6-21(7-11-23)15-24-16-21/h17-18H,5-16H2,1-4H3. The smallest absolute Gasteiger partial charge is 0.0759 e. The highest BCUT2D eigenvalue weighted by atomic mass is 16.5. The Morgan fingerprint density at radius 2 is 1.64 bits per heavy atom. The SMILES string of the molecule is CC(C)N1CCC2(CCOC(C(C)(C)N3CCC4(CC3)COC4)C2)C1. The van der Waals surface area contributed by atoms with E-state index in [2.05, 4.69) is 37.5 Å². The molecule has 2 atom stereocenters. The van der Waals surface area contributed by atoms with E-state index in [1.807, 2.05) is 0 Å². The van der Waals surface area contributed by atoms with Gasteiger partial charge in [0.1, 0.15) is 0 Å². The van der Waals surface area contributed by atoms with Crippen LogP contribution < -0.4 is 0 Å². The molecule has 0 N–H and O–H groups in total. The third-order valence-corrected chi connectivity index (χ3v) is 8.01. The summed E-state index contributed by atoms with van der Waals surface area (Å²) < 4.78 is 11.9. The third-order valence-electron chi connectivity index (χ3n) is 8.01. The van der Waals surface area contributed by atoms with Gasteiger partial charge in [0.15, 0.2) is 0 Å². The molecule has 0 bridgehead atoms. The van der Waals surface area contributed by atoms with Crippen molar-refractivity contribution in [1.29, 1.82) is 0 Å². The summed E-state index contributed by atoms with van der Waals surface area (Å²) >= 11 is 0. The number of hydrogen-bond donors (Lipinski definition) is 0. The predicted molar refractivity (Wildman–Crippen MR) is 101 cm³/mol. The summed E-state index contributed by atoms with van der Waals surface area (Å²) in [5.74, 6) is 0. The summed E-state index contributed by atoms with van der Waals surface area (Å²) in [7, 11) is 0. The zero-order valence-electron chi connectivity index (χ0n) is 16.9. The van der Waals surface area contributed by atoms with Gasteiger partial charge < -0.3 is 14.4 Å². The second-order valence-corrected chi connectivity index (χ2v) is 10.3. The minimum absolute atomic E-state index is 0.144. The van der Waals surface area contributed by atoms with Crippen molar-refractivity contribution in [3.63, 3.8) is 0 Å². The minimum Gasteiger partial charge on any atom is -0.380 e. The van der Waals surface area contributed by atoms with Crippen molar-refractivity contribution < 1.29 is 9.47 Å². The molecule has 144 valence electrons. The predicted octanol–water partition coefficient (Wildman–Crippen LogP) is 3.16. The molecule has 4 nitrogen and oxygen atoms in total. The highest BCUT2D eigenvalue weighted by molar-refractivity contribution is 5.03. The van der Waals surface area contributed by atoms with Crippen LogP contribution in [0.5, 0.6) is 0 Å². The van der Waals surface area contributed by atoms with E-state index in [1.54, 1.807) is 0 Å². The zero-order chi connectivity index (χ0) is 17.7. The van der Waals surface area contributed by atoms with E-state index < -0.39 is 0 Å². The Morgan fingerprint density at radius 1 is 0.960 bits per heavy atom. The van der Waals surface area contributed by atoms with Crippen LogP contribution in [0.1, 0.15) is 59.8 Å². The van der Waals surface area contributed by atoms with Gasteiger partial charge >= 0.3 is 0 Å². The van der Waals surface area contributed by atoms with Crippen LogP contribution >= 0.6 is 0 Å². The maximum atomic E-state index is 6.39. The Hall–Kier alpha value is -0.160. The maximum absolute atomic E-state index is 6.39. The number of piperidine rings is 1. The first-order valence-electron chi connectivity index (χ1n) is 10.5. The molecule has 4 saturated heterocycles. The topological polar surface area (TPSA) is 24.9 Å². The lowest BCUT2D eigenvalue weighted by Gasteiger charge is -2.54. The first-order chi connectivity index (χ1) is 11.8. The quantitative estimate of drug-likeness (QED) is 0.781. The molecule has 0 aromatic carbocycles. The van der Waals surface area contributed by atoms with Gasteiger partial charge in [0, 0.05) is 30.1 Å². The second kappa shape index (κ2) is 6.47. The molecule has 4 heterocycles. The van der Waals surface area contributed by atoms with E-state index in [0.29, 0.717) is 23.0 Å². The van der Waals surface area contributed by atoms with E-state index in [1.165, 1.54) is 58.3 Å². The van der Waals surface area contributed by atoms with Gasteiger partial charge in [-0.05, 0) is 84.8 Å². The molecule has 0 saturated carbocycles. The van der Waals surface area contributed by atoms with Gasteiger partial charge in [0.05, 0.1) is 19.3 Å². The van der Waals surface area contributed by atoms with Crippen LogP contribution in [-0.4, -0.2) is 73.5 Å². The lowest BCUT2D eigenvalue weighted by atomic mass is 9.71. The van der Waals surface area contributed by atoms with E-state index in [9.17, 15) is 0 Å². The number of likely N-dealkylation sites (tertiary alicyclic amines) is 2. The molecule has 0 aromatic rings. The molecule has 0 amide bonds. The molecule has 4 heteroatoms. The van der Waals surface area contributed by atoms with E-state index in [-0.39, 0.29) is 5.54 Å². The molecular formula is C21H38N2O2. The average molecular weight is 351 g/mol. The number of hydrogen-bond acceptors (Lipinski definition) is 4. The maximum Gasteiger partial charge on any atom is 0.0759 e. The molecule has 4 rings (SSSR count). The first-order valence-corrected chi connectivity index (χ1v) is 10.5. The monoisotopic (exact) mass is 350 g/mol. The number of ether oxygens (including phenoxy) is 2. The molecular weight excluding hydrogens is 312 g/mol. The van der Waals surface area contributed by atoms with E-state index in [4.69, 9.17) is 9.47 Å². The van der Waals surface area contributed by atoms with Gasteiger partial charge in [0.25, 0.3) is 0 Å². The lowest BCUT2D eigenvalue weighted by Crippen LogP contribution is -2.61. The summed E-state index contributed by atoms with van der Waals surface area (Å²) in [6.07, 6.45) is 6.84. The van der Waals surface area contributed by atoms with Crippen molar-refractivity contribution >= 4 is 0 Å². The van der Waals surface area contributed by atoms with Crippen molar-refractivity contribution in [2.24, 2.45) is 10.8 Å². The van der Waals surface area contributed by atoms with Gasteiger partial charge in [0.2, 0.25) is 0 Å². The normalized spacial score (nSPS) is 37.1. The molecule has 4 fully saturated rings. The highest BCUT2D eigenvalue weighted by Crippen LogP contribution is 2.47. The van der Waals surface area contributed by atoms with Crippen molar-refractivity contribution in [2.75, 3.05) is 46.0 Å². The van der Waals surface area contributed by atoms with E-state index in [0.717, 1.165) is 19.8 Å².